The summed E-state index contributed by atoms with van der Waals surface area (Å²) in [6, 6.07) is 33.1. The number of carbonyl (C=O) groups excluding carboxylic acids is 4. The molecule has 0 aromatic heterocycles. The molecular formula is C39H30N2O5. The van der Waals surface area contributed by atoms with Gasteiger partial charge in [0.25, 0.3) is 11.8 Å². The van der Waals surface area contributed by atoms with Gasteiger partial charge in [0.15, 0.2) is 5.78 Å². The van der Waals surface area contributed by atoms with Crippen molar-refractivity contribution in [1.82, 2.24) is 5.32 Å². The molecular weight excluding hydrogens is 576 g/mol. The van der Waals surface area contributed by atoms with E-state index in [1.807, 2.05) is 37.3 Å². The summed E-state index contributed by atoms with van der Waals surface area (Å²) >= 11 is 0. The van der Waals surface area contributed by atoms with Crippen molar-refractivity contribution in [3.05, 3.63) is 160 Å². The summed E-state index contributed by atoms with van der Waals surface area (Å²) in [7, 11) is 1.57. The molecule has 5 aromatic carbocycles. The number of anilines is 1. The van der Waals surface area contributed by atoms with Gasteiger partial charge in [-0.3, -0.25) is 19.2 Å². The van der Waals surface area contributed by atoms with E-state index in [2.05, 4.69) is 17.2 Å². The summed E-state index contributed by atoms with van der Waals surface area (Å²) in [5, 5.41) is 2.61. The van der Waals surface area contributed by atoms with Crippen LogP contribution in [-0.4, -0.2) is 31.1 Å². The van der Waals surface area contributed by atoms with Crippen LogP contribution in [0.2, 0.25) is 0 Å². The summed E-state index contributed by atoms with van der Waals surface area (Å²) in [4.78, 5) is 51.5. The Morgan fingerprint density at radius 2 is 1.20 bits per heavy atom. The van der Waals surface area contributed by atoms with Gasteiger partial charge in [0.1, 0.15) is 11.5 Å². The first-order valence-electron chi connectivity index (χ1n) is 14.5. The van der Waals surface area contributed by atoms with Crippen LogP contribution in [0.15, 0.2) is 115 Å². The molecule has 3 amide bonds. The van der Waals surface area contributed by atoms with Crippen LogP contribution in [0.4, 0.5) is 5.69 Å². The number of ketones is 1. The standard InChI is InChI=1S/C39H30N2O5/c1-26-23-33(19-21-35(26)38(44)40-3)46-34-20-22-36(27(2)24-34)39(45)41(25-42)32-17-15-31(16-18-32)37(43)30-13-11-29(12-14-30)10-9-28-7-5-4-6-8-28/h4-8,11-25H,1-3H3,(H,40,44). The van der Waals surface area contributed by atoms with E-state index in [0.717, 1.165) is 21.6 Å². The average Bonchev–Trinajstić information content (AvgIpc) is 3.08. The molecule has 0 aliphatic carbocycles. The molecule has 7 nitrogen and oxygen atoms in total. The molecule has 0 spiro atoms. The summed E-state index contributed by atoms with van der Waals surface area (Å²) < 4.78 is 5.96. The van der Waals surface area contributed by atoms with Crippen LogP contribution in [0.1, 0.15) is 58.9 Å². The number of hydrogen-bond donors (Lipinski definition) is 1. The van der Waals surface area contributed by atoms with Crippen molar-refractivity contribution in [1.29, 1.82) is 0 Å². The number of aryl methyl sites for hydroxylation is 2. The van der Waals surface area contributed by atoms with Crippen molar-refractivity contribution in [2.24, 2.45) is 0 Å². The van der Waals surface area contributed by atoms with E-state index in [4.69, 9.17) is 4.74 Å². The summed E-state index contributed by atoms with van der Waals surface area (Å²) in [6.45, 7) is 3.57. The van der Waals surface area contributed by atoms with E-state index < -0.39 is 5.91 Å². The van der Waals surface area contributed by atoms with Gasteiger partial charge >= 0.3 is 0 Å². The van der Waals surface area contributed by atoms with Gasteiger partial charge in [-0.1, -0.05) is 30.0 Å². The van der Waals surface area contributed by atoms with Gasteiger partial charge < -0.3 is 10.1 Å². The second kappa shape index (κ2) is 14.0. The van der Waals surface area contributed by atoms with Crippen LogP contribution < -0.4 is 15.0 Å². The quantitative estimate of drug-likeness (QED) is 0.118. The molecule has 0 aliphatic heterocycles. The lowest BCUT2D eigenvalue weighted by molar-refractivity contribution is -0.106. The monoisotopic (exact) mass is 606 g/mol. The first kappa shape index (κ1) is 31.2. The fourth-order valence-corrected chi connectivity index (χ4v) is 4.83. The van der Waals surface area contributed by atoms with Crippen LogP contribution >= 0.6 is 0 Å². The van der Waals surface area contributed by atoms with Crippen LogP contribution in [0.25, 0.3) is 0 Å². The lowest BCUT2D eigenvalue weighted by Crippen LogP contribution is -2.30. The van der Waals surface area contributed by atoms with Gasteiger partial charge in [-0.2, -0.15) is 0 Å². The fourth-order valence-electron chi connectivity index (χ4n) is 4.83. The Morgan fingerprint density at radius 1 is 0.674 bits per heavy atom. The van der Waals surface area contributed by atoms with Crippen LogP contribution in [0.5, 0.6) is 11.5 Å². The predicted octanol–water partition coefficient (Wildman–Crippen LogP) is 6.89. The van der Waals surface area contributed by atoms with E-state index in [9.17, 15) is 19.2 Å². The molecule has 0 fully saturated rings. The number of imide groups is 1. The highest BCUT2D eigenvalue weighted by atomic mass is 16.5. The minimum Gasteiger partial charge on any atom is -0.457 e. The molecule has 7 heteroatoms. The first-order chi connectivity index (χ1) is 22.3. The smallest absolute Gasteiger partial charge is 0.265 e. The molecule has 0 aliphatic rings. The van der Waals surface area contributed by atoms with E-state index in [1.165, 1.54) is 0 Å². The Hall–Kier alpha value is -6.26. The fraction of sp³-hybridized carbons (Fsp3) is 0.0769. The molecule has 0 atom stereocenters. The maximum absolute atomic E-state index is 13.4. The number of benzene rings is 5. The molecule has 0 saturated heterocycles. The van der Waals surface area contributed by atoms with Gasteiger partial charge in [-0.15, -0.1) is 0 Å². The molecule has 46 heavy (non-hydrogen) atoms. The zero-order valence-electron chi connectivity index (χ0n) is 25.5. The van der Waals surface area contributed by atoms with Crippen LogP contribution in [0.3, 0.4) is 0 Å². The Bertz CT molecular complexity index is 1990. The first-order valence-corrected chi connectivity index (χ1v) is 14.5. The molecule has 5 aromatic rings. The Morgan fingerprint density at radius 3 is 1.72 bits per heavy atom. The number of ether oxygens (including phenoxy) is 1. The Kier molecular flexibility index (Phi) is 9.50. The number of hydrogen-bond acceptors (Lipinski definition) is 5. The minimum absolute atomic E-state index is 0.181. The maximum Gasteiger partial charge on any atom is 0.265 e. The lowest BCUT2D eigenvalue weighted by Gasteiger charge is -2.18. The van der Waals surface area contributed by atoms with E-state index in [0.29, 0.717) is 51.4 Å². The summed E-state index contributed by atoms with van der Waals surface area (Å²) in [6.07, 6.45) is 0.453. The Labute approximate surface area is 267 Å². The van der Waals surface area contributed by atoms with Crippen molar-refractivity contribution in [3.8, 4) is 23.3 Å². The molecule has 226 valence electrons. The molecule has 0 saturated carbocycles. The average molecular weight is 607 g/mol. The highest BCUT2D eigenvalue weighted by molar-refractivity contribution is 6.16. The molecule has 0 heterocycles. The SMILES string of the molecule is CNC(=O)c1ccc(Oc2ccc(C(=O)N(C=O)c3ccc(C(=O)c4ccc(C#Cc5ccccc5)cc4)cc3)c(C)c2)cc1C. The summed E-state index contributed by atoms with van der Waals surface area (Å²) in [5.41, 5.74) is 5.18. The lowest BCUT2D eigenvalue weighted by atomic mass is 10.0. The molecule has 5 rings (SSSR count). The van der Waals surface area contributed by atoms with Crippen LogP contribution in [-0.2, 0) is 4.79 Å². The van der Waals surface area contributed by atoms with E-state index in [-0.39, 0.29) is 11.7 Å². The number of rotatable bonds is 8. The topological polar surface area (TPSA) is 92.8 Å². The molecule has 1 N–H and O–H groups in total. The van der Waals surface area contributed by atoms with Crippen LogP contribution in [0, 0.1) is 25.7 Å². The largest absolute Gasteiger partial charge is 0.457 e. The van der Waals surface area contributed by atoms with Crippen molar-refractivity contribution >= 4 is 29.7 Å². The van der Waals surface area contributed by atoms with Gasteiger partial charge in [-0.05, 0) is 122 Å². The zero-order chi connectivity index (χ0) is 32.6. The van der Waals surface area contributed by atoms with Gasteiger partial charge in [0.05, 0.1) is 5.69 Å². The van der Waals surface area contributed by atoms with E-state index in [1.54, 1.807) is 98.9 Å². The van der Waals surface area contributed by atoms with Crippen molar-refractivity contribution in [2.45, 2.75) is 13.8 Å². The number of amides is 3. The third-order valence-corrected chi connectivity index (χ3v) is 7.34. The summed E-state index contributed by atoms with van der Waals surface area (Å²) in [5.74, 6) is 6.34. The van der Waals surface area contributed by atoms with E-state index >= 15 is 0 Å². The highest BCUT2D eigenvalue weighted by Gasteiger charge is 2.20. The minimum atomic E-state index is -0.517. The normalized spacial score (nSPS) is 10.2. The molecule has 0 bridgehead atoms. The molecule has 0 unspecified atom stereocenters. The highest BCUT2D eigenvalue weighted by Crippen LogP contribution is 2.27. The van der Waals surface area contributed by atoms with Gasteiger partial charge in [-0.25, -0.2) is 4.90 Å². The second-order valence-corrected chi connectivity index (χ2v) is 10.5. The maximum atomic E-state index is 13.4. The number of carbonyl (C=O) groups is 4. The third-order valence-electron chi connectivity index (χ3n) is 7.34. The van der Waals surface area contributed by atoms with Gasteiger partial charge in [0.2, 0.25) is 6.41 Å². The number of nitrogens with one attached hydrogen (secondary N) is 1. The Balaban J connectivity index is 1.26. The van der Waals surface area contributed by atoms with Crippen molar-refractivity contribution in [3.63, 3.8) is 0 Å². The molecule has 0 radical (unpaired) electrons. The van der Waals surface area contributed by atoms with Gasteiger partial charge in [0, 0.05) is 40.4 Å². The number of nitrogens with zero attached hydrogens (tertiary/aromatic N) is 1. The zero-order valence-corrected chi connectivity index (χ0v) is 25.5. The van der Waals surface area contributed by atoms with Crippen molar-refractivity contribution < 1.29 is 23.9 Å². The third kappa shape index (κ3) is 7.09. The predicted molar refractivity (Wildman–Crippen MR) is 177 cm³/mol. The van der Waals surface area contributed by atoms with Crippen molar-refractivity contribution in [2.75, 3.05) is 11.9 Å². The second-order valence-electron chi connectivity index (χ2n) is 10.5.